The molecule has 2 aromatic rings. The first-order valence-corrected chi connectivity index (χ1v) is 12.6. The van der Waals surface area contributed by atoms with Gasteiger partial charge in [-0.2, -0.15) is 0 Å². The van der Waals surface area contributed by atoms with Gasteiger partial charge in [-0.1, -0.05) is 50.6 Å². The van der Waals surface area contributed by atoms with Crippen molar-refractivity contribution in [1.29, 1.82) is 0 Å². The van der Waals surface area contributed by atoms with Crippen LogP contribution in [-0.4, -0.2) is 27.3 Å². The third-order valence-corrected chi connectivity index (χ3v) is 8.62. The van der Waals surface area contributed by atoms with Gasteiger partial charge in [-0.3, -0.25) is 0 Å². The van der Waals surface area contributed by atoms with E-state index in [4.69, 9.17) is 11.6 Å². The smallest absolute Gasteiger partial charge is 0.178 e. The molecule has 0 amide bonds. The number of hydrogen-bond acceptors (Lipinski definition) is 4. The number of rotatable bonds is 5. The maximum atomic E-state index is 12.5. The minimum Gasteiger partial charge on any atom is -0.316 e. The van der Waals surface area contributed by atoms with E-state index < -0.39 is 9.84 Å². The zero-order valence-corrected chi connectivity index (χ0v) is 19.1. The van der Waals surface area contributed by atoms with Crippen molar-refractivity contribution in [3.05, 3.63) is 58.1 Å². The van der Waals surface area contributed by atoms with E-state index in [0.717, 1.165) is 47.2 Å². The average Bonchev–Trinajstić information content (AvgIpc) is 2.85. The summed E-state index contributed by atoms with van der Waals surface area (Å²) >= 11 is 8.24. The molecule has 28 heavy (non-hydrogen) atoms. The fourth-order valence-corrected chi connectivity index (χ4v) is 6.78. The number of nitrogens with one attached hydrogen (secondary N) is 1. The second-order valence-corrected chi connectivity index (χ2v) is 11.9. The molecule has 1 N–H and O–H groups in total. The lowest BCUT2D eigenvalue weighted by Gasteiger charge is -2.18. The minimum atomic E-state index is -3.26. The van der Waals surface area contributed by atoms with Gasteiger partial charge in [0.2, 0.25) is 0 Å². The Morgan fingerprint density at radius 3 is 2.39 bits per heavy atom. The zero-order chi connectivity index (χ0) is 20.4. The van der Waals surface area contributed by atoms with Gasteiger partial charge in [0.25, 0.3) is 0 Å². The standard InChI is InChI=1S/C22H28ClNO2S2/c1-22(2,3)15-28(25,26)18-7-4-16(5-8-18)14-27-21-19-11-13-24-12-10-17(19)6-9-20(21)23/h4-9,24H,10-15H2,1-3H3. The predicted octanol–water partition coefficient (Wildman–Crippen LogP) is 5.14. The molecule has 1 heterocycles. The summed E-state index contributed by atoms with van der Waals surface area (Å²) in [5.41, 5.74) is 3.57. The lowest BCUT2D eigenvalue weighted by atomic mass is 10.0. The van der Waals surface area contributed by atoms with Crippen molar-refractivity contribution < 1.29 is 8.42 Å². The van der Waals surface area contributed by atoms with E-state index in [2.05, 4.69) is 11.4 Å². The summed E-state index contributed by atoms with van der Waals surface area (Å²) in [6.07, 6.45) is 2.02. The topological polar surface area (TPSA) is 46.2 Å². The molecule has 0 aromatic heterocycles. The first kappa shape index (κ1) is 21.7. The van der Waals surface area contributed by atoms with E-state index in [1.165, 1.54) is 11.1 Å². The van der Waals surface area contributed by atoms with Gasteiger partial charge in [0.05, 0.1) is 15.7 Å². The Labute approximate surface area is 178 Å². The molecule has 0 unspecified atom stereocenters. The van der Waals surface area contributed by atoms with Gasteiger partial charge in [0, 0.05) is 10.6 Å². The molecule has 6 heteroatoms. The molecule has 0 radical (unpaired) electrons. The second-order valence-electron chi connectivity index (χ2n) is 8.52. The van der Waals surface area contributed by atoms with Crippen LogP contribution < -0.4 is 5.32 Å². The highest BCUT2D eigenvalue weighted by molar-refractivity contribution is 7.98. The van der Waals surface area contributed by atoms with Crippen molar-refractivity contribution in [2.24, 2.45) is 5.41 Å². The van der Waals surface area contributed by atoms with Crippen LogP contribution in [0.3, 0.4) is 0 Å². The first-order chi connectivity index (χ1) is 13.2. The van der Waals surface area contributed by atoms with E-state index in [1.54, 1.807) is 23.9 Å². The summed E-state index contributed by atoms with van der Waals surface area (Å²) in [6.45, 7) is 7.80. The summed E-state index contributed by atoms with van der Waals surface area (Å²) in [4.78, 5) is 1.56. The molecule has 0 fully saturated rings. The zero-order valence-electron chi connectivity index (χ0n) is 16.7. The van der Waals surface area contributed by atoms with Gasteiger partial charge >= 0.3 is 0 Å². The number of fused-ring (bicyclic) bond motifs is 1. The number of thioether (sulfide) groups is 1. The van der Waals surface area contributed by atoms with Gasteiger partial charge in [0.1, 0.15) is 0 Å². The maximum absolute atomic E-state index is 12.5. The summed E-state index contributed by atoms with van der Waals surface area (Å²) in [7, 11) is -3.26. The highest BCUT2D eigenvalue weighted by Gasteiger charge is 2.23. The minimum absolute atomic E-state index is 0.147. The van der Waals surface area contributed by atoms with Crippen molar-refractivity contribution in [3.63, 3.8) is 0 Å². The van der Waals surface area contributed by atoms with E-state index in [1.807, 2.05) is 39.0 Å². The highest BCUT2D eigenvalue weighted by atomic mass is 35.5. The molecule has 0 aliphatic carbocycles. The number of sulfone groups is 1. The number of hydrogen-bond donors (Lipinski definition) is 1. The van der Waals surface area contributed by atoms with Crippen molar-refractivity contribution in [1.82, 2.24) is 5.32 Å². The van der Waals surface area contributed by atoms with E-state index in [0.29, 0.717) is 4.90 Å². The monoisotopic (exact) mass is 437 g/mol. The van der Waals surface area contributed by atoms with Crippen molar-refractivity contribution in [2.75, 3.05) is 18.8 Å². The summed E-state index contributed by atoms with van der Waals surface area (Å²) < 4.78 is 25.1. The van der Waals surface area contributed by atoms with Gasteiger partial charge in [-0.05, 0) is 66.2 Å². The molecule has 152 valence electrons. The van der Waals surface area contributed by atoms with Crippen LogP contribution in [0.15, 0.2) is 46.2 Å². The van der Waals surface area contributed by atoms with Crippen LogP contribution in [0.2, 0.25) is 5.02 Å². The molecule has 0 spiro atoms. The maximum Gasteiger partial charge on any atom is 0.178 e. The van der Waals surface area contributed by atoms with Crippen LogP contribution in [0.1, 0.15) is 37.5 Å². The van der Waals surface area contributed by atoms with Crippen molar-refractivity contribution in [3.8, 4) is 0 Å². The van der Waals surface area contributed by atoms with E-state index >= 15 is 0 Å². The normalized spacial score (nSPS) is 15.1. The molecule has 0 bridgehead atoms. The first-order valence-electron chi connectivity index (χ1n) is 9.61. The van der Waals surface area contributed by atoms with Crippen LogP contribution in [-0.2, 0) is 28.4 Å². The molecule has 3 nitrogen and oxygen atoms in total. The Hall–Kier alpha value is -1.01. The Bertz CT molecular complexity index is 932. The van der Waals surface area contributed by atoms with Gasteiger partial charge in [0.15, 0.2) is 9.84 Å². The summed E-state index contributed by atoms with van der Waals surface area (Å²) in [6, 6.07) is 11.4. The van der Waals surface area contributed by atoms with Crippen molar-refractivity contribution in [2.45, 2.75) is 49.2 Å². The van der Waals surface area contributed by atoms with E-state index in [9.17, 15) is 8.42 Å². The quantitative estimate of drug-likeness (QED) is 0.658. The fourth-order valence-electron chi connectivity index (χ4n) is 3.47. The molecular weight excluding hydrogens is 410 g/mol. The fraction of sp³-hybridized carbons (Fsp3) is 0.455. The highest BCUT2D eigenvalue weighted by Crippen LogP contribution is 2.36. The average molecular weight is 438 g/mol. The molecular formula is C22H28ClNO2S2. The molecule has 0 saturated heterocycles. The molecule has 3 rings (SSSR count). The van der Waals surface area contributed by atoms with Crippen LogP contribution in [0.4, 0.5) is 0 Å². The molecule has 0 atom stereocenters. The number of halogens is 1. The lowest BCUT2D eigenvalue weighted by molar-refractivity contribution is 0.461. The summed E-state index contributed by atoms with van der Waals surface area (Å²) in [5.74, 6) is 0.914. The predicted molar refractivity (Wildman–Crippen MR) is 119 cm³/mol. The third-order valence-electron chi connectivity index (χ3n) is 4.72. The number of benzene rings is 2. The Morgan fingerprint density at radius 2 is 1.71 bits per heavy atom. The second kappa shape index (κ2) is 8.78. The van der Waals surface area contributed by atoms with Crippen LogP contribution in [0.5, 0.6) is 0 Å². The third kappa shape index (κ3) is 5.53. The molecule has 1 aliphatic rings. The van der Waals surface area contributed by atoms with Crippen LogP contribution in [0.25, 0.3) is 0 Å². The lowest BCUT2D eigenvalue weighted by Crippen LogP contribution is -2.20. The van der Waals surface area contributed by atoms with Gasteiger partial charge in [-0.25, -0.2) is 8.42 Å². The Balaban J connectivity index is 1.74. The Kier molecular flexibility index (Phi) is 6.80. The van der Waals surface area contributed by atoms with Gasteiger partial charge < -0.3 is 5.32 Å². The molecule has 2 aromatic carbocycles. The van der Waals surface area contributed by atoms with E-state index in [-0.39, 0.29) is 11.2 Å². The van der Waals surface area contributed by atoms with Crippen molar-refractivity contribution >= 4 is 33.2 Å². The SMILES string of the molecule is CC(C)(C)CS(=O)(=O)c1ccc(CSc2c(Cl)ccc3c2CCNCC3)cc1. The molecule has 0 saturated carbocycles. The molecule has 1 aliphatic heterocycles. The van der Waals surface area contributed by atoms with Crippen LogP contribution >= 0.6 is 23.4 Å². The Morgan fingerprint density at radius 1 is 1.04 bits per heavy atom. The van der Waals surface area contributed by atoms with Crippen LogP contribution in [0, 0.1) is 5.41 Å². The summed E-state index contributed by atoms with van der Waals surface area (Å²) in [5, 5.41) is 4.24. The largest absolute Gasteiger partial charge is 0.316 e. The van der Waals surface area contributed by atoms with Gasteiger partial charge in [-0.15, -0.1) is 11.8 Å².